The summed E-state index contributed by atoms with van der Waals surface area (Å²) < 4.78 is 0. The van der Waals surface area contributed by atoms with Gasteiger partial charge in [-0.25, -0.2) is 0 Å². The number of nitrogens with two attached hydrogens (primary N) is 1. The molecule has 0 radical (unpaired) electrons. The highest BCUT2D eigenvalue weighted by Crippen LogP contribution is 2.34. The summed E-state index contributed by atoms with van der Waals surface area (Å²) in [5.41, 5.74) is 6.07. The van der Waals surface area contributed by atoms with E-state index in [4.69, 9.17) is 5.73 Å². The lowest BCUT2D eigenvalue weighted by atomic mass is 9.74. The van der Waals surface area contributed by atoms with Crippen molar-refractivity contribution in [3.63, 3.8) is 0 Å². The van der Waals surface area contributed by atoms with Crippen molar-refractivity contribution in [3.8, 4) is 0 Å². The lowest BCUT2D eigenvalue weighted by molar-refractivity contribution is -0.121. The molecule has 94 valence electrons. The minimum absolute atomic E-state index is 0.195. The first-order valence-electron chi connectivity index (χ1n) is 6.69. The highest BCUT2D eigenvalue weighted by atomic mass is 16.1. The maximum absolute atomic E-state index is 11.6. The summed E-state index contributed by atoms with van der Waals surface area (Å²) in [7, 11) is 0. The SMILES string of the molecule is CCCCC(=O)NCC1(CN)CCCCC1. The van der Waals surface area contributed by atoms with E-state index in [2.05, 4.69) is 12.2 Å². The quantitative estimate of drug-likeness (QED) is 0.729. The molecule has 3 nitrogen and oxygen atoms in total. The Morgan fingerprint density at radius 3 is 2.56 bits per heavy atom. The van der Waals surface area contributed by atoms with Crippen molar-refractivity contribution < 1.29 is 4.79 Å². The Morgan fingerprint density at radius 1 is 1.31 bits per heavy atom. The van der Waals surface area contributed by atoms with Gasteiger partial charge in [-0.1, -0.05) is 32.6 Å². The second kappa shape index (κ2) is 6.89. The molecule has 1 amide bonds. The van der Waals surface area contributed by atoms with Crippen molar-refractivity contribution in [3.05, 3.63) is 0 Å². The lowest BCUT2D eigenvalue weighted by Crippen LogP contribution is -2.43. The first-order chi connectivity index (χ1) is 7.72. The molecule has 0 spiro atoms. The van der Waals surface area contributed by atoms with E-state index in [0.29, 0.717) is 13.0 Å². The molecule has 0 bridgehead atoms. The van der Waals surface area contributed by atoms with Crippen LogP contribution in [0.3, 0.4) is 0 Å². The molecule has 1 saturated carbocycles. The van der Waals surface area contributed by atoms with Gasteiger partial charge in [-0.3, -0.25) is 4.79 Å². The Morgan fingerprint density at radius 2 is 2.00 bits per heavy atom. The fourth-order valence-electron chi connectivity index (χ4n) is 2.47. The Bertz CT molecular complexity index is 210. The Kier molecular flexibility index (Phi) is 5.81. The molecule has 1 fully saturated rings. The summed E-state index contributed by atoms with van der Waals surface area (Å²) in [6.45, 7) is 3.60. The van der Waals surface area contributed by atoms with E-state index >= 15 is 0 Å². The second-order valence-corrected chi connectivity index (χ2v) is 5.15. The number of hydrogen-bond donors (Lipinski definition) is 2. The highest BCUT2D eigenvalue weighted by molar-refractivity contribution is 5.75. The number of nitrogens with one attached hydrogen (secondary N) is 1. The monoisotopic (exact) mass is 226 g/mol. The third-order valence-corrected chi connectivity index (χ3v) is 3.77. The summed E-state index contributed by atoms with van der Waals surface area (Å²) in [4.78, 5) is 11.6. The third-order valence-electron chi connectivity index (χ3n) is 3.77. The molecule has 0 aromatic heterocycles. The van der Waals surface area contributed by atoms with E-state index in [0.717, 1.165) is 19.4 Å². The number of carbonyl (C=O) groups is 1. The number of rotatable bonds is 6. The van der Waals surface area contributed by atoms with Gasteiger partial charge >= 0.3 is 0 Å². The van der Waals surface area contributed by atoms with E-state index in [1.165, 1.54) is 32.1 Å². The van der Waals surface area contributed by atoms with Gasteiger partial charge in [-0.2, -0.15) is 0 Å². The van der Waals surface area contributed by atoms with Gasteiger partial charge in [0.1, 0.15) is 0 Å². The van der Waals surface area contributed by atoms with Crippen LogP contribution in [0.2, 0.25) is 0 Å². The largest absolute Gasteiger partial charge is 0.355 e. The molecule has 16 heavy (non-hydrogen) atoms. The van der Waals surface area contributed by atoms with Crippen LogP contribution >= 0.6 is 0 Å². The van der Waals surface area contributed by atoms with Gasteiger partial charge in [-0.05, 0) is 31.2 Å². The van der Waals surface area contributed by atoms with Crippen LogP contribution in [0, 0.1) is 5.41 Å². The average molecular weight is 226 g/mol. The number of amides is 1. The second-order valence-electron chi connectivity index (χ2n) is 5.15. The van der Waals surface area contributed by atoms with Crippen molar-refractivity contribution in [1.29, 1.82) is 0 Å². The Balaban J connectivity index is 2.30. The molecule has 1 aliphatic rings. The smallest absolute Gasteiger partial charge is 0.220 e. The molecule has 0 atom stereocenters. The van der Waals surface area contributed by atoms with Gasteiger partial charge in [0.25, 0.3) is 0 Å². The molecular formula is C13H26N2O. The van der Waals surface area contributed by atoms with Crippen molar-refractivity contribution in [2.45, 2.75) is 58.3 Å². The van der Waals surface area contributed by atoms with Gasteiger partial charge in [-0.15, -0.1) is 0 Å². The van der Waals surface area contributed by atoms with Crippen LogP contribution in [0.15, 0.2) is 0 Å². The summed E-state index contributed by atoms with van der Waals surface area (Å²) in [5.74, 6) is 0.195. The van der Waals surface area contributed by atoms with Crippen LogP contribution < -0.4 is 11.1 Å². The van der Waals surface area contributed by atoms with Gasteiger partial charge < -0.3 is 11.1 Å². The molecular weight excluding hydrogens is 200 g/mol. The summed E-state index contributed by atoms with van der Waals surface area (Å²) in [6.07, 6.45) is 8.94. The summed E-state index contributed by atoms with van der Waals surface area (Å²) in [5, 5.41) is 3.06. The van der Waals surface area contributed by atoms with Crippen molar-refractivity contribution in [1.82, 2.24) is 5.32 Å². The topological polar surface area (TPSA) is 55.1 Å². The maximum Gasteiger partial charge on any atom is 0.220 e. The molecule has 0 aromatic rings. The fraction of sp³-hybridized carbons (Fsp3) is 0.923. The molecule has 0 aromatic carbocycles. The van der Waals surface area contributed by atoms with Crippen LogP contribution in [0.4, 0.5) is 0 Å². The van der Waals surface area contributed by atoms with E-state index in [1.54, 1.807) is 0 Å². The average Bonchev–Trinajstić information content (AvgIpc) is 2.35. The number of hydrogen-bond acceptors (Lipinski definition) is 2. The zero-order valence-corrected chi connectivity index (χ0v) is 10.6. The summed E-state index contributed by atoms with van der Waals surface area (Å²) >= 11 is 0. The predicted octanol–water partition coefficient (Wildman–Crippen LogP) is 2.20. The standard InChI is InChI=1S/C13H26N2O/c1-2-3-7-12(16)15-11-13(10-14)8-5-4-6-9-13/h2-11,14H2,1H3,(H,15,16). The molecule has 1 rings (SSSR count). The molecule has 0 heterocycles. The van der Waals surface area contributed by atoms with Gasteiger partial charge in [0.05, 0.1) is 0 Å². The predicted molar refractivity (Wildman–Crippen MR) is 67.1 cm³/mol. The van der Waals surface area contributed by atoms with E-state index in [9.17, 15) is 4.79 Å². The zero-order chi connectivity index (χ0) is 11.9. The van der Waals surface area contributed by atoms with E-state index < -0.39 is 0 Å². The zero-order valence-electron chi connectivity index (χ0n) is 10.6. The molecule has 3 N–H and O–H groups in total. The minimum atomic E-state index is 0.195. The van der Waals surface area contributed by atoms with Crippen molar-refractivity contribution in [2.75, 3.05) is 13.1 Å². The normalized spacial score (nSPS) is 19.4. The molecule has 0 unspecified atom stereocenters. The molecule has 0 aliphatic heterocycles. The van der Waals surface area contributed by atoms with Crippen LogP contribution in [-0.4, -0.2) is 19.0 Å². The molecule has 3 heteroatoms. The first-order valence-corrected chi connectivity index (χ1v) is 6.69. The van der Waals surface area contributed by atoms with Crippen LogP contribution in [0.5, 0.6) is 0 Å². The molecule has 0 saturated heterocycles. The fourth-order valence-corrected chi connectivity index (χ4v) is 2.47. The van der Waals surface area contributed by atoms with Crippen LogP contribution in [0.1, 0.15) is 58.3 Å². The Labute approximate surface area is 99.2 Å². The van der Waals surface area contributed by atoms with Crippen LogP contribution in [-0.2, 0) is 4.79 Å². The summed E-state index contributed by atoms with van der Waals surface area (Å²) in [6, 6.07) is 0. The van der Waals surface area contributed by atoms with E-state index in [-0.39, 0.29) is 11.3 Å². The highest BCUT2D eigenvalue weighted by Gasteiger charge is 2.30. The van der Waals surface area contributed by atoms with Crippen molar-refractivity contribution >= 4 is 5.91 Å². The lowest BCUT2D eigenvalue weighted by Gasteiger charge is -2.36. The number of carbonyl (C=O) groups excluding carboxylic acids is 1. The van der Waals surface area contributed by atoms with Crippen molar-refractivity contribution in [2.24, 2.45) is 11.1 Å². The minimum Gasteiger partial charge on any atom is -0.355 e. The molecule has 1 aliphatic carbocycles. The van der Waals surface area contributed by atoms with Crippen LogP contribution in [0.25, 0.3) is 0 Å². The first kappa shape index (κ1) is 13.5. The number of unbranched alkanes of at least 4 members (excludes halogenated alkanes) is 1. The maximum atomic E-state index is 11.6. The van der Waals surface area contributed by atoms with E-state index in [1.807, 2.05) is 0 Å². The van der Waals surface area contributed by atoms with Gasteiger partial charge in [0.15, 0.2) is 0 Å². The Hall–Kier alpha value is -0.570. The van der Waals surface area contributed by atoms with Gasteiger partial charge in [0.2, 0.25) is 5.91 Å². The third kappa shape index (κ3) is 4.12. The van der Waals surface area contributed by atoms with Gasteiger partial charge in [0, 0.05) is 13.0 Å².